The molecule has 11 heteroatoms. The zero-order valence-electron chi connectivity index (χ0n) is 11.0. The predicted octanol–water partition coefficient (Wildman–Crippen LogP) is 0.520. The van der Waals surface area contributed by atoms with Crippen molar-refractivity contribution in [3.63, 3.8) is 0 Å². The third-order valence-corrected chi connectivity index (χ3v) is 2.79. The number of benzene rings is 1. The lowest BCUT2D eigenvalue weighted by Crippen LogP contribution is -2.32. The monoisotopic (exact) mass is 320 g/mol. The van der Waals surface area contributed by atoms with Gasteiger partial charge in [-0.25, -0.2) is 10.1 Å². The van der Waals surface area contributed by atoms with Gasteiger partial charge in [-0.3, -0.25) is 10.2 Å². The number of halogens is 1. The number of amides is 1. The topological polar surface area (TPSA) is 124 Å². The Morgan fingerprint density at radius 3 is 2.86 bits per heavy atom. The molecule has 3 rings (SSSR count). The minimum atomic E-state index is -0.376. The molecule has 0 aliphatic heterocycles. The number of hydrazine groups is 1. The van der Waals surface area contributed by atoms with Gasteiger partial charge < -0.3 is 4.52 Å². The average molecular weight is 321 g/mol. The summed E-state index contributed by atoms with van der Waals surface area (Å²) in [4.78, 5) is 15.7. The molecule has 0 atom stereocenters. The van der Waals surface area contributed by atoms with Crippen LogP contribution in [0.2, 0.25) is 5.02 Å². The lowest BCUT2D eigenvalue weighted by Gasteiger charge is -2.02. The summed E-state index contributed by atoms with van der Waals surface area (Å²) in [6, 6.07) is 7.00. The van der Waals surface area contributed by atoms with E-state index in [4.69, 9.17) is 16.1 Å². The Morgan fingerprint density at radius 1 is 1.32 bits per heavy atom. The van der Waals surface area contributed by atoms with Crippen LogP contribution in [-0.4, -0.2) is 36.3 Å². The first-order valence-corrected chi connectivity index (χ1v) is 6.44. The third kappa shape index (κ3) is 3.35. The normalized spacial score (nSPS) is 10.4. The Morgan fingerprint density at radius 2 is 2.14 bits per heavy atom. The minimum Gasteiger partial charge on any atom is -0.313 e. The molecule has 2 N–H and O–H groups in total. The summed E-state index contributed by atoms with van der Waals surface area (Å²) in [6.07, 6.45) is 1.32. The van der Waals surface area contributed by atoms with Crippen molar-refractivity contribution < 1.29 is 9.32 Å². The highest BCUT2D eigenvalue weighted by Crippen LogP contribution is 2.19. The molecule has 10 nitrogen and oxygen atoms in total. The number of nitrogens with one attached hydrogen (secondary N) is 2. The molecule has 1 amide bonds. The van der Waals surface area contributed by atoms with Gasteiger partial charge in [0.25, 0.3) is 5.91 Å². The summed E-state index contributed by atoms with van der Waals surface area (Å²) < 4.78 is 6.24. The lowest BCUT2D eigenvalue weighted by atomic mass is 10.2. The van der Waals surface area contributed by atoms with Crippen molar-refractivity contribution in [1.82, 2.24) is 35.8 Å². The second-order valence-corrected chi connectivity index (χ2v) is 4.55. The number of anilines is 1. The molecule has 1 aromatic carbocycles. The van der Waals surface area contributed by atoms with Gasteiger partial charge in [-0.1, -0.05) is 16.8 Å². The van der Waals surface area contributed by atoms with Gasteiger partial charge in [0.2, 0.25) is 5.82 Å². The Balaban J connectivity index is 1.57. The maximum absolute atomic E-state index is 11.6. The van der Waals surface area contributed by atoms with E-state index >= 15 is 0 Å². The van der Waals surface area contributed by atoms with Crippen LogP contribution in [0.3, 0.4) is 0 Å². The first-order valence-electron chi connectivity index (χ1n) is 6.06. The van der Waals surface area contributed by atoms with Gasteiger partial charge in [-0.05, 0) is 34.7 Å². The van der Waals surface area contributed by atoms with Crippen molar-refractivity contribution in [1.29, 1.82) is 0 Å². The van der Waals surface area contributed by atoms with Crippen molar-refractivity contribution in [2.45, 2.75) is 6.54 Å². The molecule has 0 aliphatic carbocycles. The molecule has 0 spiro atoms. The van der Waals surface area contributed by atoms with Gasteiger partial charge in [0.15, 0.2) is 0 Å². The lowest BCUT2D eigenvalue weighted by molar-refractivity contribution is -0.121. The van der Waals surface area contributed by atoms with Crippen molar-refractivity contribution >= 4 is 23.5 Å². The first-order chi connectivity index (χ1) is 10.7. The molecule has 0 saturated carbocycles. The van der Waals surface area contributed by atoms with Crippen LogP contribution in [-0.2, 0) is 11.3 Å². The fourth-order valence-corrected chi connectivity index (χ4v) is 1.68. The van der Waals surface area contributed by atoms with Crippen molar-refractivity contribution in [3.8, 4) is 11.4 Å². The van der Waals surface area contributed by atoms with Crippen LogP contribution in [0, 0.1) is 0 Å². The molecular weight excluding hydrogens is 312 g/mol. The summed E-state index contributed by atoms with van der Waals surface area (Å²) in [6.45, 7) is -0.0435. The van der Waals surface area contributed by atoms with Crippen LogP contribution in [0.4, 0.5) is 6.01 Å². The molecular formula is C11H9ClN8O2. The van der Waals surface area contributed by atoms with Gasteiger partial charge >= 0.3 is 6.01 Å². The number of hydrogen-bond donors (Lipinski definition) is 2. The summed E-state index contributed by atoms with van der Waals surface area (Å²) in [5.41, 5.74) is 5.64. The number of tetrazole rings is 1. The van der Waals surface area contributed by atoms with E-state index in [0.29, 0.717) is 10.8 Å². The molecule has 112 valence electrons. The zero-order chi connectivity index (χ0) is 15.4. The van der Waals surface area contributed by atoms with Crippen molar-refractivity contribution in [3.05, 3.63) is 35.6 Å². The van der Waals surface area contributed by atoms with Gasteiger partial charge in [0.05, 0.1) is 0 Å². The van der Waals surface area contributed by atoms with Gasteiger partial charge in [-0.15, -0.1) is 5.10 Å². The fraction of sp³-hybridized carbons (Fsp3) is 0.0909. The Labute approximate surface area is 128 Å². The second kappa shape index (κ2) is 6.18. The van der Waals surface area contributed by atoms with E-state index in [1.54, 1.807) is 24.3 Å². The van der Waals surface area contributed by atoms with Crippen LogP contribution in [0.15, 0.2) is 35.1 Å². The van der Waals surface area contributed by atoms with Crippen LogP contribution in [0.5, 0.6) is 0 Å². The van der Waals surface area contributed by atoms with Crippen LogP contribution < -0.4 is 10.9 Å². The number of hydrogen-bond acceptors (Lipinski definition) is 8. The Hall–Kier alpha value is -3.01. The number of aromatic nitrogens is 6. The molecule has 2 heterocycles. The highest BCUT2D eigenvalue weighted by atomic mass is 35.5. The maximum Gasteiger partial charge on any atom is 0.340 e. The van der Waals surface area contributed by atoms with E-state index < -0.39 is 0 Å². The van der Waals surface area contributed by atoms with Gasteiger partial charge in [0, 0.05) is 10.6 Å². The Kier molecular flexibility index (Phi) is 3.92. The molecule has 22 heavy (non-hydrogen) atoms. The molecule has 0 aliphatic rings. The largest absolute Gasteiger partial charge is 0.340 e. The highest BCUT2D eigenvalue weighted by molar-refractivity contribution is 6.30. The fourth-order valence-electron chi connectivity index (χ4n) is 1.55. The smallest absolute Gasteiger partial charge is 0.313 e. The molecule has 0 saturated heterocycles. The minimum absolute atomic E-state index is 0.0435. The van der Waals surface area contributed by atoms with Crippen LogP contribution in [0.1, 0.15) is 0 Å². The zero-order valence-corrected chi connectivity index (χ0v) is 11.7. The van der Waals surface area contributed by atoms with E-state index in [1.807, 2.05) is 0 Å². The molecule has 0 bridgehead atoms. The van der Waals surface area contributed by atoms with E-state index in [-0.39, 0.29) is 18.5 Å². The van der Waals surface area contributed by atoms with E-state index in [9.17, 15) is 4.79 Å². The van der Waals surface area contributed by atoms with E-state index in [2.05, 4.69) is 36.5 Å². The van der Waals surface area contributed by atoms with Gasteiger partial charge in [0.1, 0.15) is 12.9 Å². The number of carbonyl (C=O) groups excluding carboxylic acids is 1. The highest BCUT2D eigenvalue weighted by Gasteiger charge is 2.09. The summed E-state index contributed by atoms with van der Waals surface area (Å²) in [7, 11) is 0. The summed E-state index contributed by atoms with van der Waals surface area (Å²) >= 11 is 5.81. The maximum atomic E-state index is 11.6. The summed E-state index contributed by atoms with van der Waals surface area (Å²) in [5, 5.41) is 14.8. The number of nitrogens with zero attached hydrogens (tertiary/aromatic N) is 6. The van der Waals surface area contributed by atoms with Crippen LogP contribution >= 0.6 is 11.6 Å². The molecule has 3 aromatic rings. The number of rotatable bonds is 5. The van der Waals surface area contributed by atoms with Crippen molar-refractivity contribution in [2.75, 3.05) is 5.43 Å². The number of carbonyl (C=O) groups is 1. The Bertz CT molecular complexity index is 755. The molecule has 0 unspecified atom stereocenters. The summed E-state index contributed by atoms with van der Waals surface area (Å²) in [5.74, 6) is -0.00700. The predicted molar refractivity (Wildman–Crippen MR) is 74.3 cm³/mol. The van der Waals surface area contributed by atoms with Crippen LogP contribution in [0.25, 0.3) is 11.4 Å². The van der Waals surface area contributed by atoms with Gasteiger partial charge in [-0.2, -0.15) is 4.98 Å². The van der Waals surface area contributed by atoms with Crippen molar-refractivity contribution in [2.24, 2.45) is 0 Å². The quantitative estimate of drug-likeness (QED) is 0.652. The van der Waals surface area contributed by atoms with E-state index in [1.165, 1.54) is 11.0 Å². The molecule has 2 aromatic heterocycles. The first kappa shape index (κ1) is 13.9. The molecule has 0 fully saturated rings. The van der Waals surface area contributed by atoms with E-state index in [0.717, 1.165) is 5.56 Å². The SMILES string of the molecule is O=C(Cn1cnnn1)NNc1nc(-c2ccc(Cl)cc2)no1. The average Bonchev–Trinajstić information content (AvgIpc) is 3.17. The third-order valence-electron chi connectivity index (χ3n) is 2.53. The molecule has 0 radical (unpaired) electrons. The second-order valence-electron chi connectivity index (χ2n) is 4.11. The standard InChI is InChI=1S/C11H9ClN8O2/c12-8-3-1-7(2-4-8)10-14-11(22-17-10)16-15-9(21)5-20-6-13-18-19-20/h1-4,6H,5H2,(H,15,21)(H,14,16,17).